The van der Waals surface area contributed by atoms with Crippen LogP contribution in [0.2, 0.25) is 0 Å². The van der Waals surface area contributed by atoms with E-state index in [4.69, 9.17) is 19.9 Å². The molecule has 0 aromatic heterocycles. The number of rotatable bonds is 7. The van der Waals surface area contributed by atoms with Crippen molar-refractivity contribution in [2.75, 3.05) is 20.3 Å². The Morgan fingerprint density at radius 3 is 2.50 bits per heavy atom. The van der Waals surface area contributed by atoms with Gasteiger partial charge in [0.05, 0.1) is 19.1 Å². The van der Waals surface area contributed by atoms with Crippen LogP contribution in [0.3, 0.4) is 0 Å². The van der Waals surface area contributed by atoms with E-state index in [9.17, 15) is 4.79 Å². The van der Waals surface area contributed by atoms with Crippen LogP contribution in [-0.2, 0) is 16.1 Å². The van der Waals surface area contributed by atoms with Gasteiger partial charge in [0.1, 0.15) is 6.61 Å². The minimum atomic E-state index is -0.717. The Balaban J connectivity index is 2.84. The van der Waals surface area contributed by atoms with Gasteiger partial charge in [-0.15, -0.1) is 0 Å². The molecule has 0 unspecified atom stereocenters. The van der Waals surface area contributed by atoms with Crippen LogP contribution in [0.5, 0.6) is 11.5 Å². The highest BCUT2D eigenvalue weighted by Crippen LogP contribution is 2.30. The topological polar surface area (TPSA) is 70.8 Å². The number of carbonyl (C=O) groups excluding carboxylic acids is 1. The maximum absolute atomic E-state index is 11.6. The molecule has 2 N–H and O–H groups in total. The highest BCUT2D eigenvalue weighted by atomic mass is 16.5. The molecule has 112 valence electrons. The highest BCUT2D eigenvalue weighted by molar-refractivity contribution is 5.75. The van der Waals surface area contributed by atoms with Crippen molar-refractivity contribution in [2.24, 2.45) is 11.1 Å². The van der Waals surface area contributed by atoms with E-state index in [2.05, 4.69) is 0 Å². The Bertz CT molecular complexity index is 457. The lowest BCUT2D eigenvalue weighted by atomic mass is 9.95. The average molecular weight is 281 g/mol. The molecule has 1 aromatic carbocycles. The Morgan fingerprint density at radius 1 is 1.25 bits per heavy atom. The van der Waals surface area contributed by atoms with E-state index in [0.29, 0.717) is 24.7 Å². The third kappa shape index (κ3) is 4.13. The summed E-state index contributed by atoms with van der Waals surface area (Å²) in [4.78, 5) is 11.6. The maximum atomic E-state index is 11.6. The van der Waals surface area contributed by atoms with Crippen molar-refractivity contribution < 1.29 is 19.0 Å². The molecule has 0 aliphatic heterocycles. The number of benzene rings is 1. The van der Waals surface area contributed by atoms with Gasteiger partial charge < -0.3 is 19.9 Å². The number of ether oxygens (including phenoxy) is 3. The number of carbonyl (C=O) groups is 1. The summed E-state index contributed by atoms with van der Waals surface area (Å²) >= 11 is 0. The van der Waals surface area contributed by atoms with E-state index in [1.165, 1.54) is 7.11 Å². The summed E-state index contributed by atoms with van der Waals surface area (Å²) in [5.41, 5.74) is 5.86. The van der Waals surface area contributed by atoms with E-state index in [1.54, 1.807) is 19.9 Å². The van der Waals surface area contributed by atoms with E-state index >= 15 is 0 Å². The molecule has 0 radical (unpaired) electrons. The SMILES string of the molecule is CCOc1cc(CN)ccc1OCC(C)(C)C(=O)OC. The van der Waals surface area contributed by atoms with Gasteiger partial charge >= 0.3 is 5.97 Å². The van der Waals surface area contributed by atoms with Crippen molar-refractivity contribution in [3.8, 4) is 11.5 Å². The van der Waals surface area contributed by atoms with Crippen LogP contribution >= 0.6 is 0 Å². The monoisotopic (exact) mass is 281 g/mol. The second-order valence-corrected chi connectivity index (χ2v) is 5.08. The van der Waals surface area contributed by atoms with Crippen molar-refractivity contribution in [3.63, 3.8) is 0 Å². The van der Waals surface area contributed by atoms with Gasteiger partial charge in [-0.05, 0) is 38.5 Å². The van der Waals surface area contributed by atoms with Gasteiger partial charge in [-0.3, -0.25) is 4.79 Å². The fourth-order valence-corrected chi connectivity index (χ4v) is 1.66. The molecule has 1 rings (SSSR count). The van der Waals surface area contributed by atoms with Gasteiger partial charge in [0, 0.05) is 6.54 Å². The van der Waals surface area contributed by atoms with Crippen molar-refractivity contribution in [1.29, 1.82) is 0 Å². The first-order valence-corrected chi connectivity index (χ1v) is 6.61. The number of hydrogen-bond donors (Lipinski definition) is 1. The quantitative estimate of drug-likeness (QED) is 0.775. The first-order chi connectivity index (χ1) is 9.44. The molecule has 0 saturated carbocycles. The van der Waals surface area contributed by atoms with Crippen LogP contribution in [0.1, 0.15) is 26.3 Å². The minimum absolute atomic E-state index is 0.210. The summed E-state index contributed by atoms with van der Waals surface area (Å²) < 4.78 is 16.0. The fraction of sp³-hybridized carbons (Fsp3) is 0.533. The van der Waals surface area contributed by atoms with Gasteiger partial charge in [0.15, 0.2) is 11.5 Å². The van der Waals surface area contributed by atoms with Crippen LogP contribution in [0.25, 0.3) is 0 Å². The summed E-state index contributed by atoms with van der Waals surface area (Å²) in [5.74, 6) is 0.922. The molecule has 0 saturated heterocycles. The molecular weight excluding hydrogens is 258 g/mol. The Morgan fingerprint density at radius 2 is 1.95 bits per heavy atom. The molecule has 0 spiro atoms. The second kappa shape index (κ2) is 7.14. The molecule has 0 bridgehead atoms. The molecule has 1 aromatic rings. The van der Waals surface area contributed by atoms with Gasteiger partial charge in [-0.25, -0.2) is 0 Å². The third-order valence-corrected chi connectivity index (χ3v) is 2.87. The first kappa shape index (κ1) is 16.3. The molecular formula is C15H23NO4. The molecule has 0 aliphatic rings. The zero-order valence-electron chi connectivity index (χ0n) is 12.6. The highest BCUT2D eigenvalue weighted by Gasteiger charge is 2.30. The van der Waals surface area contributed by atoms with Crippen LogP contribution in [-0.4, -0.2) is 26.3 Å². The molecule has 0 amide bonds. The second-order valence-electron chi connectivity index (χ2n) is 5.08. The van der Waals surface area contributed by atoms with E-state index in [-0.39, 0.29) is 12.6 Å². The molecule has 0 fully saturated rings. The fourth-order valence-electron chi connectivity index (χ4n) is 1.66. The molecule has 0 heterocycles. The Kier molecular flexibility index (Phi) is 5.82. The van der Waals surface area contributed by atoms with Gasteiger partial charge in [0.25, 0.3) is 0 Å². The smallest absolute Gasteiger partial charge is 0.314 e. The zero-order valence-corrected chi connectivity index (χ0v) is 12.6. The summed E-state index contributed by atoms with van der Waals surface area (Å²) in [6.07, 6.45) is 0. The normalized spacial score (nSPS) is 11.1. The number of methoxy groups -OCH3 is 1. The van der Waals surface area contributed by atoms with Gasteiger partial charge in [0.2, 0.25) is 0 Å². The lowest BCUT2D eigenvalue weighted by Gasteiger charge is -2.22. The van der Waals surface area contributed by atoms with Crippen molar-refractivity contribution in [3.05, 3.63) is 23.8 Å². The molecule has 5 heteroatoms. The molecule has 0 aliphatic carbocycles. The standard InChI is InChI=1S/C15H23NO4/c1-5-19-13-8-11(9-16)6-7-12(13)20-10-15(2,3)14(17)18-4/h6-8H,5,9-10,16H2,1-4H3. The summed E-state index contributed by atoms with van der Waals surface area (Å²) in [5, 5.41) is 0. The predicted octanol–water partition coefficient (Wildman–Crippen LogP) is 2.12. The summed E-state index contributed by atoms with van der Waals surface area (Å²) in [6, 6.07) is 5.54. The van der Waals surface area contributed by atoms with E-state index < -0.39 is 5.41 Å². The van der Waals surface area contributed by atoms with Crippen molar-refractivity contribution in [1.82, 2.24) is 0 Å². The largest absolute Gasteiger partial charge is 0.490 e. The van der Waals surface area contributed by atoms with Crippen LogP contribution < -0.4 is 15.2 Å². The average Bonchev–Trinajstić information content (AvgIpc) is 2.45. The summed E-state index contributed by atoms with van der Waals surface area (Å²) in [7, 11) is 1.37. The van der Waals surface area contributed by atoms with Crippen LogP contribution in [0.4, 0.5) is 0 Å². The molecule has 0 atom stereocenters. The first-order valence-electron chi connectivity index (χ1n) is 6.61. The number of esters is 1. The minimum Gasteiger partial charge on any atom is -0.490 e. The van der Waals surface area contributed by atoms with Crippen molar-refractivity contribution >= 4 is 5.97 Å². The zero-order chi connectivity index (χ0) is 15.2. The number of hydrogen-bond acceptors (Lipinski definition) is 5. The molecule has 20 heavy (non-hydrogen) atoms. The van der Waals surface area contributed by atoms with Crippen molar-refractivity contribution in [2.45, 2.75) is 27.3 Å². The predicted molar refractivity (Wildman–Crippen MR) is 76.8 cm³/mol. The Labute approximate surface area is 120 Å². The van der Waals surface area contributed by atoms with Gasteiger partial charge in [-0.1, -0.05) is 6.07 Å². The van der Waals surface area contributed by atoms with Crippen LogP contribution in [0.15, 0.2) is 18.2 Å². The molecule has 5 nitrogen and oxygen atoms in total. The lowest BCUT2D eigenvalue weighted by Crippen LogP contribution is -2.32. The summed E-state index contributed by atoms with van der Waals surface area (Å²) in [6.45, 7) is 6.62. The number of nitrogens with two attached hydrogens (primary N) is 1. The maximum Gasteiger partial charge on any atom is 0.314 e. The van der Waals surface area contributed by atoms with E-state index in [1.807, 2.05) is 19.1 Å². The van der Waals surface area contributed by atoms with Crippen LogP contribution in [0, 0.1) is 5.41 Å². The lowest BCUT2D eigenvalue weighted by molar-refractivity contribution is -0.152. The third-order valence-electron chi connectivity index (χ3n) is 2.87. The van der Waals surface area contributed by atoms with Gasteiger partial charge in [-0.2, -0.15) is 0 Å². The van der Waals surface area contributed by atoms with E-state index in [0.717, 1.165) is 5.56 Å². The Hall–Kier alpha value is -1.75.